The van der Waals surface area contributed by atoms with Gasteiger partial charge in [0.15, 0.2) is 5.96 Å². The maximum absolute atomic E-state index is 5.78. The first-order valence-corrected chi connectivity index (χ1v) is 11.3. The quantitative estimate of drug-likeness (QED) is 0.267. The van der Waals surface area contributed by atoms with E-state index in [1.54, 1.807) is 12.7 Å². The number of piperidine rings is 1. The smallest absolute Gasteiger partial charge is 0.193 e. The van der Waals surface area contributed by atoms with Crippen molar-refractivity contribution >= 4 is 29.9 Å². The zero-order valence-corrected chi connectivity index (χ0v) is 21.7. The topological polar surface area (TPSA) is 67.6 Å². The van der Waals surface area contributed by atoms with Gasteiger partial charge in [0.2, 0.25) is 0 Å². The summed E-state index contributed by atoms with van der Waals surface area (Å²) in [4.78, 5) is 10.9. The van der Waals surface area contributed by atoms with Crippen molar-refractivity contribution in [2.75, 3.05) is 26.7 Å². The third-order valence-corrected chi connectivity index (χ3v) is 5.89. The summed E-state index contributed by atoms with van der Waals surface area (Å²) in [6, 6.07) is 17.2. The van der Waals surface area contributed by atoms with Gasteiger partial charge in [-0.2, -0.15) is 5.10 Å². The molecule has 176 valence electrons. The zero-order valence-electron chi connectivity index (χ0n) is 19.4. The van der Waals surface area contributed by atoms with E-state index >= 15 is 0 Å². The summed E-state index contributed by atoms with van der Waals surface area (Å²) >= 11 is 0. The maximum atomic E-state index is 5.78. The maximum Gasteiger partial charge on any atom is 0.193 e. The molecule has 1 aliphatic heterocycles. The Morgan fingerprint density at radius 1 is 1.12 bits per heavy atom. The minimum absolute atomic E-state index is 0. The van der Waals surface area contributed by atoms with Crippen LogP contribution in [0.1, 0.15) is 30.9 Å². The monoisotopic (exact) mass is 560 g/mol. The first-order valence-electron chi connectivity index (χ1n) is 11.3. The highest BCUT2D eigenvalue weighted by Crippen LogP contribution is 2.24. The van der Waals surface area contributed by atoms with E-state index in [1.165, 1.54) is 22.3 Å². The van der Waals surface area contributed by atoms with Crippen LogP contribution in [0.3, 0.4) is 0 Å². The van der Waals surface area contributed by atoms with E-state index in [-0.39, 0.29) is 24.0 Å². The first kappa shape index (κ1) is 25.2. The van der Waals surface area contributed by atoms with Crippen molar-refractivity contribution in [2.45, 2.75) is 39.0 Å². The van der Waals surface area contributed by atoms with Crippen LogP contribution in [-0.4, -0.2) is 58.5 Å². The molecule has 33 heavy (non-hydrogen) atoms. The summed E-state index contributed by atoms with van der Waals surface area (Å²) in [5.41, 5.74) is 4.89. The van der Waals surface area contributed by atoms with E-state index in [4.69, 9.17) is 4.74 Å². The minimum Gasteiger partial charge on any atom is -0.378 e. The lowest BCUT2D eigenvalue weighted by atomic mass is 9.98. The zero-order chi connectivity index (χ0) is 22.2. The van der Waals surface area contributed by atoms with Crippen molar-refractivity contribution in [1.29, 1.82) is 0 Å². The number of nitrogens with one attached hydrogen (secondary N) is 1. The van der Waals surface area contributed by atoms with E-state index in [1.807, 2.05) is 11.7 Å². The van der Waals surface area contributed by atoms with Crippen LogP contribution in [0.5, 0.6) is 0 Å². The Labute approximate surface area is 213 Å². The Hall–Kier alpha value is -2.46. The van der Waals surface area contributed by atoms with Gasteiger partial charge in [-0.1, -0.05) is 48.5 Å². The van der Waals surface area contributed by atoms with Gasteiger partial charge in [0.1, 0.15) is 12.7 Å². The molecule has 0 aliphatic carbocycles. The number of hydrogen-bond donors (Lipinski definition) is 1. The van der Waals surface area contributed by atoms with Crippen molar-refractivity contribution in [1.82, 2.24) is 25.0 Å². The second-order valence-corrected chi connectivity index (χ2v) is 7.99. The summed E-state index contributed by atoms with van der Waals surface area (Å²) in [6.07, 6.45) is 5.77. The lowest BCUT2D eigenvalue weighted by molar-refractivity contribution is 0.0263. The number of nitrogens with zero attached hydrogens (tertiary/aromatic N) is 5. The number of aliphatic imine (C=N–C) groups is 1. The fraction of sp³-hybridized carbons (Fsp3) is 0.400. The largest absolute Gasteiger partial charge is 0.378 e. The van der Waals surface area contributed by atoms with Crippen molar-refractivity contribution < 1.29 is 4.74 Å². The van der Waals surface area contributed by atoms with E-state index in [0.29, 0.717) is 6.10 Å². The van der Waals surface area contributed by atoms with Crippen LogP contribution >= 0.6 is 24.0 Å². The molecule has 1 N–H and O–H groups in total. The van der Waals surface area contributed by atoms with E-state index < -0.39 is 0 Å². The number of halogens is 1. The normalized spacial score (nSPS) is 14.7. The van der Waals surface area contributed by atoms with E-state index in [9.17, 15) is 0 Å². The molecule has 8 heteroatoms. The number of guanidine groups is 1. The minimum atomic E-state index is 0. The molecule has 0 spiro atoms. The lowest BCUT2D eigenvalue weighted by Crippen LogP contribution is -2.46. The predicted octanol–water partition coefficient (Wildman–Crippen LogP) is 4.19. The van der Waals surface area contributed by atoms with Gasteiger partial charge in [-0.25, -0.2) is 9.67 Å². The summed E-state index contributed by atoms with van der Waals surface area (Å²) in [5, 5.41) is 7.75. The molecule has 4 rings (SSSR count). The summed E-state index contributed by atoms with van der Waals surface area (Å²) in [6.45, 7) is 6.25. The highest BCUT2D eigenvalue weighted by atomic mass is 127. The van der Waals surface area contributed by atoms with Gasteiger partial charge in [-0.3, -0.25) is 4.99 Å². The third kappa shape index (κ3) is 6.77. The molecule has 0 unspecified atom stereocenters. The van der Waals surface area contributed by atoms with Crippen LogP contribution in [0.4, 0.5) is 0 Å². The molecule has 1 aliphatic rings. The van der Waals surface area contributed by atoms with Gasteiger partial charge in [0.25, 0.3) is 0 Å². The number of rotatable bonds is 7. The van der Waals surface area contributed by atoms with Crippen molar-refractivity contribution in [3.63, 3.8) is 0 Å². The van der Waals surface area contributed by atoms with Gasteiger partial charge in [-0.15, -0.1) is 24.0 Å². The molecule has 0 saturated carbocycles. The Balaban J connectivity index is 0.00000306. The molecule has 0 atom stereocenters. The molecule has 0 bridgehead atoms. The Kier molecular flexibility index (Phi) is 9.68. The molecule has 1 fully saturated rings. The van der Waals surface area contributed by atoms with Crippen LogP contribution < -0.4 is 5.32 Å². The fourth-order valence-electron chi connectivity index (χ4n) is 4.22. The van der Waals surface area contributed by atoms with Crippen LogP contribution in [0.25, 0.3) is 11.1 Å². The van der Waals surface area contributed by atoms with Gasteiger partial charge in [-0.05, 0) is 42.0 Å². The van der Waals surface area contributed by atoms with Gasteiger partial charge in [0, 0.05) is 33.3 Å². The second-order valence-electron chi connectivity index (χ2n) is 7.99. The molecular weight excluding hydrogens is 527 g/mol. The Morgan fingerprint density at radius 2 is 1.88 bits per heavy atom. The average Bonchev–Trinajstić information content (AvgIpc) is 3.35. The average molecular weight is 560 g/mol. The van der Waals surface area contributed by atoms with Crippen LogP contribution in [0.15, 0.2) is 66.2 Å². The standard InChI is InChI=1S/C25H32N6O.HI/c1-3-32-23-12-14-30(15-13-23)25(26-2)28-16-22-6-4-5-7-24(22)21-10-8-20(9-11-21)17-31-19-27-18-29-31;/h4-11,18-19,23H,3,12-17H2,1-2H3,(H,26,28);1H. The molecule has 3 aromatic rings. The van der Waals surface area contributed by atoms with Crippen LogP contribution in [0, 0.1) is 0 Å². The van der Waals surface area contributed by atoms with Gasteiger partial charge >= 0.3 is 0 Å². The summed E-state index contributed by atoms with van der Waals surface area (Å²) in [7, 11) is 1.86. The van der Waals surface area contributed by atoms with E-state index in [2.05, 4.69) is 80.7 Å². The number of aromatic nitrogens is 3. The van der Waals surface area contributed by atoms with Gasteiger partial charge in [0.05, 0.1) is 12.6 Å². The number of hydrogen-bond acceptors (Lipinski definition) is 4. The molecule has 1 saturated heterocycles. The van der Waals surface area contributed by atoms with Crippen LogP contribution in [0.2, 0.25) is 0 Å². The van der Waals surface area contributed by atoms with Crippen molar-refractivity contribution in [3.8, 4) is 11.1 Å². The molecule has 1 aromatic heterocycles. The van der Waals surface area contributed by atoms with Gasteiger partial charge < -0.3 is 15.0 Å². The van der Waals surface area contributed by atoms with Crippen molar-refractivity contribution in [2.24, 2.45) is 4.99 Å². The summed E-state index contributed by atoms with van der Waals surface area (Å²) in [5.74, 6) is 0.956. The SMILES string of the molecule is CCOC1CCN(C(=NC)NCc2ccccc2-c2ccc(Cn3cncn3)cc2)CC1.I. The highest BCUT2D eigenvalue weighted by molar-refractivity contribution is 14.0. The van der Waals surface area contributed by atoms with Crippen molar-refractivity contribution in [3.05, 3.63) is 72.3 Å². The number of benzene rings is 2. The number of ether oxygens (including phenoxy) is 1. The number of likely N-dealkylation sites (tertiary alicyclic amines) is 1. The molecule has 2 heterocycles. The Bertz CT molecular complexity index is 998. The first-order chi connectivity index (χ1) is 15.8. The molecule has 0 radical (unpaired) electrons. The molecule has 0 amide bonds. The fourth-order valence-corrected chi connectivity index (χ4v) is 4.22. The molecule has 7 nitrogen and oxygen atoms in total. The molecular formula is C25H33IN6O. The second kappa shape index (κ2) is 12.7. The highest BCUT2D eigenvalue weighted by Gasteiger charge is 2.21. The Morgan fingerprint density at radius 3 is 2.55 bits per heavy atom. The van der Waals surface area contributed by atoms with E-state index in [0.717, 1.165) is 51.6 Å². The third-order valence-electron chi connectivity index (χ3n) is 5.89. The summed E-state index contributed by atoms with van der Waals surface area (Å²) < 4.78 is 7.61. The molecule has 2 aromatic carbocycles. The lowest BCUT2D eigenvalue weighted by Gasteiger charge is -2.34. The predicted molar refractivity (Wildman–Crippen MR) is 143 cm³/mol. The van der Waals surface area contributed by atoms with Crippen LogP contribution in [-0.2, 0) is 17.8 Å².